The van der Waals surface area contributed by atoms with E-state index in [0.29, 0.717) is 12.3 Å². The molecule has 2 aliphatic rings. The quantitative estimate of drug-likeness (QED) is 0.857. The van der Waals surface area contributed by atoms with Crippen molar-refractivity contribution < 1.29 is 4.79 Å². The Hall–Kier alpha value is -0.940. The van der Waals surface area contributed by atoms with Gasteiger partial charge < -0.3 is 9.80 Å². The van der Waals surface area contributed by atoms with Gasteiger partial charge in [0.25, 0.3) is 0 Å². The number of amides is 1. The molecule has 2 aliphatic heterocycles. The minimum absolute atomic E-state index is 0.167. The number of rotatable bonds is 4. The molecule has 5 heteroatoms. The average Bonchev–Trinajstić information content (AvgIpc) is 3.19. The lowest BCUT2D eigenvalue weighted by Gasteiger charge is -2.38. The van der Waals surface area contributed by atoms with Crippen LogP contribution in [0.5, 0.6) is 0 Å². The van der Waals surface area contributed by atoms with Crippen LogP contribution in [0.4, 0.5) is 0 Å². The first kappa shape index (κ1) is 15.0. The Bertz CT molecular complexity index is 460. The topological polar surface area (TPSA) is 36.4 Å². The van der Waals surface area contributed by atoms with Gasteiger partial charge in [-0.1, -0.05) is 6.92 Å². The van der Waals surface area contributed by atoms with Crippen molar-refractivity contribution in [1.29, 1.82) is 0 Å². The van der Waals surface area contributed by atoms with E-state index in [1.165, 1.54) is 30.9 Å². The fraction of sp³-hybridized carbons (Fsp3) is 0.750. The summed E-state index contributed by atoms with van der Waals surface area (Å²) in [6.07, 6.45) is 7.24. The van der Waals surface area contributed by atoms with E-state index in [0.717, 1.165) is 32.5 Å². The van der Waals surface area contributed by atoms with Crippen molar-refractivity contribution >= 4 is 17.2 Å². The van der Waals surface area contributed by atoms with Gasteiger partial charge in [0, 0.05) is 43.0 Å². The highest BCUT2D eigenvalue weighted by molar-refractivity contribution is 7.09. The smallest absolute Gasteiger partial charge is 0.223 e. The Morgan fingerprint density at radius 1 is 1.29 bits per heavy atom. The Kier molecular flexibility index (Phi) is 4.60. The molecular weight excluding hydrogens is 282 g/mol. The second-order valence-corrected chi connectivity index (χ2v) is 7.47. The Morgan fingerprint density at radius 3 is 2.62 bits per heavy atom. The van der Waals surface area contributed by atoms with Gasteiger partial charge in [0.2, 0.25) is 5.91 Å². The highest BCUT2D eigenvalue weighted by Gasteiger charge is 2.35. The van der Waals surface area contributed by atoms with Crippen LogP contribution in [0.2, 0.25) is 0 Å². The first-order valence-corrected chi connectivity index (χ1v) is 8.95. The summed E-state index contributed by atoms with van der Waals surface area (Å²) in [6.45, 7) is 7.35. The normalized spacial score (nSPS) is 22.6. The molecule has 0 aromatic carbocycles. The van der Waals surface area contributed by atoms with Crippen molar-refractivity contribution in [3.8, 4) is 0 Å². The van der Waals surface area contributed by atoms with Crippen LogP contribution in [-0.4, -0.2) is 53.4 Å². The third-order valence-electron chi connectivity index (χ3n) is 5.01. The van der Waals surface area contributed by atoms with E-state index in [2.05, 4.69) is 21.7 Å². The van der Waals surface area contributed by atoms with Gasteiger partial charge in [0.15, 0.2) is 0 Å². The molecule has 116 valence electrons. The number of aromatic nitrogens is 1. The maximum atomic E-state index is 12.3. The molecule has 0 radical (unpaired) electrons. The van der Waals surface area contributed by atoms with Crippen molar-refractivity contribution in [3.63, 3.8) is 0 Å². The molecule has 0 aliphatic carbocycles. The van der Waals surface area contributed by atoms with Gasteiger partial charge in [-0.25, -0.2) is 4.98 Å². The second kappa shape index (κ2) is 6.44. The van der Waals surface area contributed by atoms with Crippen molar-refractivity contribution in [1.82, 2.24) is 14.8 Å². The number of likely N-dealkylation sites (tertiary alicyclic amines) is 2. The highest BCUT2D eigenvalue weighted by Crippen LogP contribution is 2.36. The summed E-state index contributed by atoms with van der Waals surface area (Å²) >= 11 is 1.74. The Labute approximate surface area is 131 Å². The van der Waals surface area contributed by atoms with Crippen LogP contribution in [0.15, 0.2) is 11.6 Å². The maximum Gasteiger partial charge on any atom is 0.223 e. The summed E-state index contributed by atoms with van der Waals surface area (Å²) in [5.41, 5.74) is 0.167. The van der Waals surface area contributed by atoms with Gasteiger partial charge in [-0.2, -0.15) is 0 Å². The number of nitrogens with zero attached hydrogens (tertiary/aromatic N) is 3. The van der Waals surface area contributed by atoms with Crippen LogP contribution >= 0.6 is 11.3 Å². The van der Waals surface area contributed by atoms with Crippen molar-refractivity contribution in [3.05, 3.63) is 16.6 Å². The molecule has 21 heavy (non-hydrogen) atoms. The molecule has 1 aromatic rings. The van der Waals surface area contributed by atoms with E-state index in [1.807, 2.05) is 11.6 Å². The van der Waals surface area contributed by atoms with Crippen molar-refractivity contribution in [2.45, 2.75) is 44.4 Å². The molecule has 0 bridgehead atoms. The number of hydrogen-bond donors (Lipinski definition) is 0. The zero-order valence-corrected chi connectivity index (χ0v) is 13.7. The van der Waals surface area contributed by atoms with E-state index < -0.39 is 0 Å². The van der Waals surface area contributed by atoms with Crippen molar-refractivity contribution in [2.24, 2.45) is 0 Å². The Balaban J connectivity index is 1.47. The lowest BCUT2D eigenvalue weighted by atomic mass is 9.81. The zero-order chi connectivity index (χ0) is 14.7. The van der Waals surface area contributed by atoms with Crippen LogP contribution in [0.3, 0.4) is 0 Å². The molecule has 0 unspecified atom stereocenters. The predicted octanol–water partition coefficient (Wildman–Crippen LogP) is 2.51. The van der Waals surface area contributed by atoms with Gasteiger partial charge in [0.1, 0.15) is 0 Å². The molecule has 4 nitrogen and oxygen atoms in total. The van der Waals surface area contributed by atoms with E-state index in [4.69, 9.17) is 0 Å². The van der Waals surface area contributed by atoms with Crippen LogP contribution in [0.25, 0.3) is 0 Å². The van der Waals surface area contributed by atoms with Gasteiger partial charge >= 0.3 is 0 Å². The van der Waals surface area contributed by atoms with Crippen molar-refractivity contribution in [2.75, 3.05) is 32.7 Å². The van der Waals surface area contributed by atoms with E-state index in [1.54, 1.807) is 11.3 Å². The molecule has 3 rings (SSSR count). The third-order valence-corrected chi connectivity index (χ3v) is 6.09. The minimum Gasteiger partial charge on any atom is -0.343 e. The first-order chi connectivity index (χ1) is 10.2. The van der Waals surface area contributed by atoms with Gasteiger partial charge in [-0.3, -0.25) is 4.79 Å². The zero-order valence-electron chi connectivity index (χ0n) is 12.9. The monoisotopic (exact) mass is 307 g/mol. The lowest BCUT2D eigenvalue weighted by molar-refractivity contribution is -0.133. The largest absolute Gasteiger partial charge is 0.343 e. The molecule has 2 saturated heterocycles. The lowest BCUT2D eigenvalue weighted by Crippen LogP contribution is -2.44. The molecule has 0 N–H and O–H groups in total. The highest BCUT2D eigenvalue weighted by atomic mass is 32.1. The maximum absolute atomic E-state index is 12.3. The number of carbonyl (C=O) groups excluding carboxylic acids is 1. The number of carbonyl (C=O) groups is 1. The van der Waals surface area contributed by atoms with E-state index >= 15 is 0 Å². The Morgan fingerprint density at radius 2 is 2.00 bits per heavy atom. The van der Waals surface area contributed by atoms with E-state index in [-0.39, 0.29) is 5.41 Å². The van der Waals surface area contributed by atoms with Crippen LogP contribution in [0.1, 0.15) is 44.0 Å². The average molecular weight is 307 g/mol. The molecule has 2 fully saturated rings. The summed E-state index contributed by atoms with van der Waals surface area (Å²) in [4.78, 5) is 21.3. The summed E-state index contributed by atoms with van der Waals surface area (Å²) in [7, 11) is 0. The minimum atomic E-state index is 0.167. The molecule has 0 saturated carbocycles. The molecule has 3 heterocycles. The summed E-state index contributed by atoms with van der Waals surface area (Å²) < 4.78 is 0. The van der Waals surface area contributed by atoms with Gasteiger partial charge in [-0.15, -0.1) is 11.3 Å². The standard InChI is InChI=1S/C16H25N3OS/c1-16(15-17-7-13-21-15)5-11-19(12-6-16)14(20)4-10-18-8-2-3-9-18/h7,13H,2-6,8-12H2,1H3. The first-order valence-electron chi connectivity index (χ1n) is 8.07. The van der Waals surface area contributed by atoms with Gasteiger partial charge in [0.05, 0.1) is 5.01 Å². The summed E-state index contributed by atoms with van der Waals surface area (Å²) in [6, 6.07) is 0. The number of piperidine rings is 1. The fourth-order valence-electron chi connectivity index (χ4n) is 3.40. The molecule has 0 atom stereocenters. The van der Waals surface area contributed by atoms with Crippen LogP contribution < -0.4 is 0 Å². The molecule has 1 aromatic heterocycles. The number of hydrogen-bond acceptors (Lipinski definition) is 4. The second-order valence-electron chi connectivity index (χ2n) is 6.58. The van der Waals surface area contributed by atoms with Crippen LogP contribution in [-0.2, 0) is 10.2 Å². The molecule has 1 amide bonds. The predicted molar refractivity (Wildman–Crippen MR) is 85.6 cm³/mol. The SMILES string of the molecule is CC1(c2nccs2)CCN(C(=O)CCN2CCCC2)CC1. The summed E-state index contributed by atoms with van der Waals surface area (Å²) in [5, 5.41) is 3.28. The molecule has 0 spiro atoms. The van der Waals surface area contributed by atoms with E-state index in [9.17, 15) is 4.79 Å². The fourth-order valence-corrected chi connectivity index (χ4v) is 4.26. The third kappa shape index (κ3) is 3.46. The van der Waals surface area contributed by atoms with Crippen LogP contribution in [0, 0.1) is 0 Å². The summed E-state index contributed by atoms with van der Waals surface area (Å²) in [5.74, 6) is 0.336. The number of thiazole rings is 1. The van der Waals surface area contributed by atoms with Gasteiger partial charge in [-0.05, 0) is 38.8 Å². The molecular formula is C16H25N3OS.